The molecular weight excluding hydrogens is 554 g/mol. The van der Waals surface area contributed by atoms with Crippen LogP contribution in [0, 0.1) is 11.6 Å². The summed E-state index contributed by atoms with van der Waals surface area (Å²) < 4.78 is 37.1. The van der Waals surface area contributed by atoms with Gasteiger partial charge in [0.05, 0.1) is 9.88 Å². The molecule has 1 aromatic carbocycles. The highest BCUT2D eigenvalue weighted by molar-refractivity contribution is 7.14. The molecule has 3 aliphatic rings. The molecule has 1 atom stereocenters. The predicted molar refractivity (Wildman–Crippen MR) is 139 cm³/mol. The Kier molecular flexibility index (Phi) is 5.92. The molecule has 9 nitrogen and oxygen atoms in total. The number of carbonyl (C=O) groups excluding carboxylic acids is 2. The van der Waals surface area contributed by atoms with Crippen LogP contribution in [0.25, 0.3) is 0 Å². The maximum Gasteiger partial charge on any atom is 0.278 e. The van der Waals surface area contributed by atoms with Crippen molar-refractivity contribution in [2.75, 3.05) is 31.4 Å². The van der Waals surface area contributed by atoms with E-state index in [1.165, 1.54) is 40.1 Å². The lowest BCUT2D eigenvalue weighted by Gasteiger charge is -2.57. The summed E-state index contributed by atoms with van der Waals surface area (Å²) in [6, 6.07) is 4.25. The number of carbonyl (C=O) groups is 2. The van der Waals surface area contributed by atoms with Crippen LogP contribution in [0.2, 0.25) is 4.34 Å². The number of thiophene rings is 1. The lowest BCUT2D eigenvalue weighted by atomic mass is 9.86. The molecule has 3 aromatic rings. The fourth-order valence-electron chi connectivity index (χ4n) is 5.38. The van der Waals surface area contributed by atoms with Crippen LogP contribution in [0.5, 0.6) is 11.5 Å². The fourth-order valence-corrected chi connectivity index (χ4v) is 6.35. The van der Waals surface area contributed by atoms with Crippen molar-refractivity contribution in [1.82, 2.24) is 14.5 Å². The van der Waals surface area contributed by atoms with Gasteiger partial charge in [-0.2, -0.15) is 4.39 Å². The van der Waals surface area contributed by atoms with E-state index in [1.807, 2.05) is 0 Å². The largest absolute Gasteiger partial charge is 0.502 e. The van der Waals surface area contributed by atoms with Gasteiger partial charge in [-0.3, -0.25) is 24.1 Å². The van der Waals surface area contributed by atoms with Gasteiger partial charge in [0.1, 0.15) is 19.3 Å². The third-order valence-corrected chi connectivity index (χ3v) is 8.54. The molecule has 2 amide bonds. The molecule has 2 bridgehead atoms. The molecule has 6 rings (SSSR count). The molecule has 0 aliphatic carbocycles. The average Bonchev–Trinajstić information content (AvgIpc) is 3.29. The van der Waals surface area contributed by atoms with Crippen molar-refractivity contribution in [3.8, 4) is 11.5 Å². The number of aromatic nitrogens is 1. The number of rotatable bonds is 1. The Morgan fingerprint density at radius 3 is 2.64 bits per heavy atom. The molecule has 1 spiro atoms. The van der Waals surface area contributed by atoms with Crippen LogP contribution in [-0.2, 0) is 4.79 Å². The van der Waals surface area contributed by atoms with E-state index in [9.17, 15) is 23.9 Å². The molecule has 5 heterocycles. The van der Waals surface area contributed by atoms with Crippen molar-refractivity contribution in [2.24, 2.45) is 0 Å². The van der Waals surface area contributed by atoms with Gasteiger partial charge in [-0.25, -0.2) is 4.39 Å². The van der Waals surface area contributed by atoms with Crippen LogP contribution in [0.15, 0.2) is 52.8 Å². The number of ether oxygens (including phenoxy) is 1. The first-order chi connectivity index (χ1) is 18.6. The van der Waals surface area contributed by atoms with E-state index in [4.69, 9.17) is 16.3 Å². The summed E-state index contributed by atoms with van der Waals surface area (Å²) in [6.45, 7) is 1.45. The molecule has 2 aromatic heterocycles. The Morgan fingerprint density at radius 2 is 1.95 bits per heavy atom. The Bertz CT molecular complexity index is 1620. The zero-order valence-electron chi connectivity index (χ0n) is 20.4. The normalized spacial score (nSPS) is 20.5. The van der Waals surface area contributed by atoms with E-state index in [0.717, 1.165) is 12.1 Å². The second-order valence-electron chi connectivity index (χ2n) is 9.56. The summed E-state index contributed by atoms with van der Waals surface area (Å²) in [5, 5.41) is 14.2. The standard InChI is InChI=1S/C26H21ClF2N4O5S/c1-14(34)30-11-26(12-30)7-2-9-38-23-15(3-4-17(28)19(23)29)20(16-6-10-39-24(16)27)33-13-31(26)25(37)21-22(36)18(35)5-8-32(21)33/h2-8,10,20,36H,9,11-13H2,1H3/b7-2+. The topological polar surface area (TPSA) is 95.3 Å². The van der Waals surface area contributed by atoms with Crippen LogP contribution in [0.4, 0.5) is 8.78 Å². The predicted octanol–water partition coefficient (Wildman–Crippen LogP) is 3.24. The van der Waals surface area contributed by atoms with Gasteiger partial charge < -0.3 is 19.6 Å². The Labute approximate surface area is 229 Å². The first kappa shape index (κ1) is 25.4. The van der Waals surface area contributed by atoms with Gasteiger partial charge in [-0.1, -0.05) is 17.7 Å². The number of halogens is 3. The number of amides is 2. The summed E-state index contributed by atoms with van der Waals surface area (Å²) in [7, 11) is 0. The van der Waals surface area contributed by atoms with Crippen LogP contribution in [-0.4, -0.2) is 63.3 Å². The first-order valence-electron chi connectivity index (χ1n) is 11.9. The zero-order valence-corrected chi connectivity index (χ0v) is 22.0. The van der Waals surface area contributed by atoms with E-state index < -0.39 is 40.3 Å². The molecule has 39 heavy (non-hydrogen) atoms. The average molecular weight is 575 g/mol. The van der Waals surface area contributed by atoms with E-state index >= 15 is 4.39 Å². The van der Waals surface area contributed by atoms with Crippen LogP contribution in [0.3, 0.4) is 0 Å². The highest BCUT2D eigenvalue weighted by Gasteiger charge is 2.53. The Hall–Kier alpha value is -3.90. The van der Waals surface area contributed by atoms with Gasteiger partial charge in [0, 0.05) is 43.4 Å². The highest BCUT2D eigenvalue weighted by Crippen LogP contribution is 2.44. The monoisotopic (exact) mass is 574 g/mol. The maximum absolute atomic E-state index is 15.2. The SMILES string of the molecule is CC(=O)N1CC2(/C=C/COc3c(ccc(F)c3F)C(c3ccsc3Cl)N3CN2C(=O)c2c(O)c(=O)ccn23)C1. The third-order valence-electron chi connectivity index (χ3n) is 7.34. The number of hydrogen-bond acceptors (Lipinski definition) is 7. The Morgan fingerprint density at radius 1 is 1.18 bits per heavy atom. The van der Waals surface area contributed by atoms with Crippen LogP contribution < -0.4 is 15.2 Å². The number of nitrogens with zero attached hydrogens (tertiary/aromatic N) is 4. The lowest BCUT2D eigenvalue weighted by molar-refractivity contribution is -0.139. The number of hydrogen-bond donors (Lipinski definition) is 1. The molecule has 1 N–H and O–H groups in total. The number of pyridine rings is 1. The first-order valence-corrected chi connectivity index (χ1v) is 13.2. The van der Waals surface area contributed by atoms with Crippen molar-refractivity contribution < 1.29 is 28.2 Å². The van der Waals surface area contributed by atoms with Gasteiger partial charge in [-0.15, -0.1) is 11.3 Å². The quantitative estimate of drug-likeness (QED) is 0.449. The molecule has 0 radical (unpaired) electrons. The molecule has 13 heteroatoms. The molecule has 1 unspecified atom stereocenters. The molecular formula is C26H21ClF2N4O5S. The third kappa shape index (κ3) is 3.80. The number of likely N-dealkylation sites (tertiary alicyclic amines) is 1. The van der Waals surface area contributed by atoms with Crippen molar-refractivity contribution in [1.29, 1.82) is 0 Å². The second-order valence-corrected chi connectivity index (χ2v) is 11.1. The second kappa shape index (κ2) is 9.09. The Balaban J connectivity index is 1.65. The van der Waals surface area contributed by atoms with Crippen molar-refractivity contribution in [3.05, 3.63) is 91.0 Å². The number of aromatic hydroxyl groups is 1. The summed E-state index contributed by atoms with van der Waals surface area (Å²) in [4.78, 5) is 41.5. The van der Waals surface area contributed by atoms with Gasteiger partial charge >= 0.3 is 0 Å². The zero-order chi connectivity index (χ0) is 27.6. The lowest BCUT2D eigenvalue weighted by Crippen LogP contribution is -2.74. The summed E-state index contributed by atoms with van der Waals surface area (Å²) in [6.07, 6.45) is 4.60. The van der Waals surface area contributed by atoms with Gasteiger partial charge in [-0.05, 0) is 29.7 Å². The van der Waals surface area contributed by atoms with Gasteiger partial charge in [0.25, 0.3) is 5.91 Å². The molecule has 3 aliphatic heterocycles. The highest BCUT2D eigenvalue weighted by atomic mass is 35.5. The molecule has 1 saturated heterocycles. The molecule has 202 valence electrons. The minimum absolute atomic E-state index is 0.112. The molecule has 1 fully saturated rings. The van der Waals surface area contributed by atoms with Crippen molar-refractivity contribution >= 4 is 34.8 Å². The number of benzene rings is 1. The number of fused-ring (bicyclic) bond motifs is 6. The minimum Gasteiger partial charge on any atom is -0.502 e. The van der Waals surface area contributed by atoms with Crippen molar-refractivity contribution in [3.63, 3.8) is 0 Å². The minimum atomic E-state index is -1.19. The fraction of sp³-hybridized carbons (Fsp3) is 0.269. The van der Waals surface area contributed by atoms with Gasteiger partial charge in [0.2, 0.25) is 17.2 Å². The summed E-state index contributed by atoms with van der Waals surface area (Å²) in [5.74, 6) is -4.20. The van der Waals surface area contributed by atoms with E-state index in [0.29, 0.717) is 9.90 Å². The van der Waals surface area contributed by atoms with Crippen LogP contribution in [0.1, 0.15) is 34.6 Å². The van der Waals surface area contributed by atoms with Crippen LogP contribution >= 0.6 is 22.9 Å². The smallest absolute Gasteiger partial charge is 0.278 e. The van der Waals surface area contributed by atoms with E-state index in [-0.39, 0.29) is 49.3 Å². The van der Waals surface area contributed by atoms with E-state index in [2.05, 4.69) is 0 Å². The molecule has 0 saturated carbocycles. The van der Waals surface area contributed by atoms with Gasteiger partial charge in [0.15, 0.2) is 23.0 Å². The summed E-state index contributed by atoms with van der Waals surface area (Å²) in [5.41, 5.74) is -1.35. The van der Waals surface area contributed by atoms with Crippen molar-refractivity contribution in [2.45, 2.75) is 18.5 Å². The summed E-state index contributed by atoms with van der Waals surface area (Å²) >= 11 is 7.81. The van der Waals surface area contributed by atoms with E-state index in [1.54, 1.807) is 33.5 Å². The maximum atomic E-state index is 15.2.